The Kier molecular flexibility index (Phi) is 5.75. The summed E-state index contributed by atoms with van der Waals surface area (Å²) in [6.45, 7) is 0. The minimum atomic E-state index is 0.626. The number of hydrogen-bond donors (Lipinski definition) is 0. The van der Waals surface area contributed by atoms with Crippen molar-refractivity contribution in [2.75, 3.05) is 0 Å². The van der Waals surface area contributed by atoms with E-state index in [-0.39, 0.29) is 0 Å². The number of aromatic nitrogens is 4. The highest BCUT2D eigenvalue weighted by molar-refractivity contribution is 6.23. The van der Waals surface area contributed by atoms with E-state index in [4.69, 9.17) is 15.0 Å². The average molecular weight is 537 g/mol. The lowest BCUT2D eigenvalue weighted by atomic mass is 9.93. The number of hydrogen-bond acceptors (Lipinski definition) is 4. The first-order valence-corrected chi connectivity index (χ1v) is 14.0. The van der Waals surface area contributed by atoms with Crippen LogP contribution in [0, 0.1) is 0 Å². The van der Waals surface area contributed by atoms with Gasteiger partial charge >= 0.3 is 0 Å². The fraction of sp³-hybridized carbons (Fsp3) is 0. The molecule has 8 aromatic rings. The van der Waals surface area contributed by atoms with Gasteiger partial charge in [-0.05, 0) is 50.0 Å². The van der Waals surface area contributed by atoms with Crippen LogP contribution in [-0.4, -0.2) is 19.9 Å². The molecule has 0 amide bonds. The van der Waals surface area contributed by atoms with Gasteiger partial charge in [0, 0.05) is 34.6 Å². The fourth-order valence-corrected chi connectivity index (χ4v) is 5.85. The van der Waals surface area contributed by atoms with Crippen LogP contribution in [0.1, 0.15) is 0 Å². The Bertz CT molecular complexity index is 2240. The maximum Gasteiger partial charge on any atom is 0.164 e. The molecule has 2 heterocycles. The molecule has 0 atom stereocenters. The Morgan fingerprint density at radius 1 is 0.381 bits per heavy atom. The molecule has 0 aliphatic carbocycles. The Hall–Kier alpha value is -5.74. The molecule has 8 rings (SSSR count). The van der Waals surface area contributed by atoms with Crippen LogP contribution in [0.5, 0.6) is 0 Å². The summed E-state index contributed by atoms with van der Waals surface area (Å²) < 4.78 is 0. The van der Waals surface area contributed by atoms with E-state index in [1.165, 1.54) is 21.5 Å². The molecule has 0 fully saturated rings. The van der Waals surface area contributed by atoms with Crippen LogP contribution in [0.4, 0.5) is 0 Å². The van der Waals surface area contributed by atoms with Gasteiger partial charge in [0.25, 0.3) is 0 Å². The topological polar surface area (TPSA) is 51.6 Å². The molecule has 0 spiro atoms. The molecule has 6 aromatic carbocycles. The first-order valence-electron chi connectivity index (χ1n) is 14.0. The minimum Gasteiger partial charge on any atom is -0.264 e. The molecule has 0 saturated carbocycles. The normalized spacial score (nSPS) is 11.3. The zero-order chi connectivity index (χ0) is 27.9. The first-order chi connectivity index (χ1) is 20.8. The van der Waals surface area contributed by atoms with Crippen LogP contribution in [0.3, 0.4) is 0 Å². The number of pyridine rings is 1. The van der Waals surface area contributed by atoms with Gasteiger partial charge in [-0.25, -0.2) is 15.0 Å². The number of nitrogens with zero attached hydrogens (tertiary/aromatic N) is 4. The van der Waals surface area contributed by atoms with E-state index in [1.54, 1.807) is 6.20 Å². The van der Waals surface area contributed by atoms with Crippen molar-refractivity contribution in [3.8, 4) is 45.3 Å². The van der Waals surface area contributed by atoms with E-state index in [2.05, 4.69) is 89.9 Å². The molecule has 0 N–H and O–H groups in total. The van der Waals surface area contributed by atoms with Gasteiger partial charge in [-0.2, -0.15) is 0 Å². The van der Waals surface area contributed by atoms with Crippen LogP contribution in [-0.2, 0) is 0 Å². The summed E-state index contributed by atoms with van der Waals surface area (Å²) >= 11 is 0. The predicted octanol–water partition coefficient (Wildman–Crippen LogP) is 9.39. The number of fused-ring (bicyclic) bond motifs is 5. The van der Waals surface area contributed by atoms with Crippen molar-refractivity contribution in [1.82, 2.24) is 19.9 Å². The molecule has 4 nitrogen and oxygen atoms in total. The van der Waals surface area contributed by atoms with E-state index >= 15 is 0 Å². The molecule has 0 aliphatic rings. The summed E-state index contributed by atoms with van der Waals surface area (Å²) in [6.07, 6.45) is 3.66. The van der Waals surface area contributed by atoms with E-state index in [1.807, 2.05) is 54.7 Å². The Morgan fingerprint density at radius 2 is 1.00 bits per heavy atom. The molecule has 0 unspecified atom stereocenters. The minimum absolute atomic E-state index is 0.626. The maximum absolute atomic E-state index is 5.16. The summed E-state index contributed by atoms with van der Waals surface area (Å²) in [4.78, 5) is 19.6. The van der Waals surface area contributed by atoms with Gasteiger partial charge in [-0.3, -0.25) is 4.98 Å². The SMILES string of the molecule is c1ccc(-c2nc(-c3ccccc3-c3cccnc3)nc(-c3cc4ccc5ccccc5c4c4ccccc34)n2)cc1. The summed E-state index contributed by atoms with van der Waals surface area (Å²) in [6, 6.07) is 46.1. The second kappa shape index (κ2) is 10.0. The van der Waals surface area contributed by atoms with Gasteiger partial charge in [0.15, 0.2) is 17.5 Å². The molecule has 42 heavy (non-hydrogen) atoms. The first kappa shape index (κ1) is 24.1. The molecular weight excluding hydrogens is 512 g/mol. The molecule has 0 bridgehead atoms. The van der Waals surface area contributed by atoms with Crippen LogP contribution in [0.2, 0.25) is 0 Å². The second-order valence-corrected chi connectivity index (χ2v) is 10.3. The highest BCUT2D eigenvalue weighted by Crippen LogP contribution is 2.39. The van der Waals surface area contributed by atoms with Crippen LogP contribution in [0.15, 0.2) is 146 Å². The van der Waals surface area contributed by atoms with Crippen molar-refractivity contribution in [2.45, 2.75) is 0 Å². The van der Waals surface area contributed by atoms with E-state index < -0.39 is 0 Å². The van der Waals surface area contributed by atoms with Crippen LogP contribution < -0.4 is 0 Å². The highest BCUT2D eigenvalue weighted by atomic mass is 15.0. The molecule has 0 saturated heterocycles. The van der Waals surface area contributed by atoms with E-state index in [9.17, 15) is 0 Å². The molecule has 0 radical (unpaired) electrons. The third kappa shape index (κ3) is 4.09. The average Bonchev–Trinajstić information content (AvgIpc) is 3.08. The van der Waals surface area contributed by atoms with Gasteiger partial charge in [-0.1, -0.05) is 121 Å². The zero-order valence-corrected chi connectivity index (χ0v) is 22.6. The quantitative estimate of drug-likeness (QED) is 0.210. The van der Waals surface area contributed by atoms with Crippen LogP contribution >= 0.6 is 0 Å². The van der Waals surface area contributed by atoms with Gasteiger partial charge in [0.05, 0.1) is 0 Å². The van der Waals surface area contributed by atoms with Gasteiger partial charge in [0.2, 0.25) is 0 Å². The molecule has 2 aromatic heterocycles. The Balaban J connectivity index is 1.43. The monoisotopic (exact) mass is 536 g/mol. The van der Waals surface area contributed by atoms with Crippen molar-refractivity contribution >= 4 is 32.3 Å². The molecule has 0 aliphatic heterocycles. The van der Waals surface area contributed by atoms with E-state index in [0.717, 1.165) is 38.6 Å². The third-order valence-electron chi connectivity index (χ3n) is 7.80. The fourth-order valence-electron chi connectivity index (χ4n) is 5.85. The van der Waals surface area contributed by atoms with Crippen molar-refractivity contribution < 1.29 is 0 Å². The number of benzene rings is 6. The van der Waals surface area contributed by atoms with Crippen molar-refractivity contribution in [3.63, 3.8) is 0 Å². The summed E-state index contributed by atoms with van der Waals surface area (Å²) in [5.74, 6) is 1.91. The Morgan fingerprint density at radius 3 is 1.81 bits per heavy atom. The molecular formula is C38H24N4. The molecule has 4 heteroatoms. The number of rotatable bonds is 4. The van der Waals surface area contributed by atoms with Crippen LogP contribution in [0.25, 0.3) is 77.6 Å². The third-order valence-corrected chi connectivity index (χ3v) is 7.80. The summed E-state index contributed by atoms with van der Waals surface area (Å²) in [5.41, 5.74) is 4.89. The van der Waals surface area contributed by atoms with E-state index in [0.29, 0.717) is 17.5 Å². The predicted molar refractivity (Wildman–Crippen MR) is 172 cm³/mol. The van der Waals surface area contributed by atoms with Gasteiger partial charge in [-0.15, -0.1) is 0 Å². The largest absolute Gasteiger partial charge is 0.264 e. The van der Waals surface area contributed by atoms with Crippen molar-refractivity contribution in [2.24, 2.45) is 0 Å². The van der Waals surface area contributed by atoms with Gasteiger partial charge < -0.3 is 0 Å². The smallest absolute Gasteiger partial charge is 0.164 e. The Labute approximate surface area is 243 Å². The lowest BCUT2D eigenvalue weighted by Gasteiger charge is -2.14. The lowest BCUT2D eigenvalue weighted by molar-refractivity contribution is 1.08. The lowest BCUT2D eigenvalue weighted by Crippen LogP contribution is -2.01. The molecule has 196 valence electrons. The highest BCUT2D eigenvalue weighted by Gasteiger charge is 2.18. The second-order valence-electron chi connectivity index (χ2n) is 10.3. The van der Waals surface area contributed by atoms with Crippen molar-refractivity contribution in [3.05, 3.63) is 146 Å². The van der Waals surface area contributed by atoms with Crippen molar-refractivity contribution in [1.29, 1.82) is 0 Å². The summed E-state index contributed by atoms with van der Waals surface area (Å²) in [7, 11) is 0. The standard InChI is InChI=1S/C38H24N4/c1-2-12-26(13-3-1)36-40-37(33-19-9-6-15-29(33)28-14-10-22-39-24-28)42-38(41-36)34-23-27-21-20-25-11-4-5-16-30(25)35(27)32-18-8-7-17-31(32)34/h1-24H. The maximum atomic E-state index is 5.16. The van der Waals surface area contributed by atoms with Gasteiger partial charge in [0.1, 0.15) is 0 Å². The zero-order valence-electron chi connectivity index (χ0n) is 22.6. The summed E-state index contributed by atoms with van der Waals surface area (Å²) in [5, 5.41) is 7.15.